The zero-order valence-corrected chi connectivity index (χ0v) is 12.6. The molecule has 20 heavy (non-hydrogen) atoms. The summed E-state index contributed by atoms with van der Waals surface area (Å²) in [5, 5.41) is 12.9. The van der Waals surface area contributed by atoms with Gasteiger partial charge in [-0.1, -0.05) is 23.2 Å². The summed E-state index contributed by atoms with van der Waals surface area (Å²) in [5.74, 6) is -0.213. The van der Waals surface area contributed by atoms with E-state index in [1.165, 1.54) is 12.1 Å². The second-order valence-electron chi connectivity index (χ2n) is 4.95. The van der Waals surface area contributed by atoms with Crippen LogP contribution in [0, 0.1) is 0 Å². The number of amides is 1. The molecule has 1 aliphatic heterocycles. The molecule has 1 aliphatic rings. The van der Waals surface area contributed by atoms with Crippen LogP contribution in [0.1, 0.15) is 13.3 Å². The summed E-state index contributed by atoms with van der Waals surface area (Å²) in [4.78, 5) is 14.1. The number of rotatable bonds is 3. The van der Waals surface area contributed by atoms with E-state index < -0.39 is 0 Å². The van der Waals surface area contributed by atoms with Gasteiger partial charge < -0.3 is 16.2 Å². The molecule has 1 fully saturated rings. The number of aliphatic hydroxyl groups excluding tert-OH is 1. The minimum absolute atomic E-state index is 0.213. The van der Waals surface area contributed by atoms with Gasteiger partial charge in [0.2, 0.25) is 5.91 Å². The van der Waals surface area contributed by atoms with Crippen molar-refractivity contribution >= 4 is 40.5 Å². The number of nitrogens with zero attached hydrogens (tertiary/aromatic N) is 1. The van der Waals surface area contributed by atoms with Crippen LogP contribution in [0.2, 0.25) is 10.0 Å². The number of carbonyl (C=O) groups excluding carboxylic acids is 1. The van der Waals surface area contributed by atoms with Crippen molar-refractivity contribution < 1.29 is 9.90 Å². The lowest BCUT2D eigenvalue weighted by molar-refractivity contribution is -0.120. The zero-order chi connectivity index (χ0) is 14.9. The molecule has 0 aliphatic carbocycles. The van der Waals surface area contributed by atoms with Crippen molar-refractivity contribution in [1.82, 2.24) is 4.90 Å². The van der Waals surface area contributed by atoms with Crippen molar-refractivity contribution in [2.45, 2.75) is 25.5 Å². The molecule has 7 heteroatoms. The van der Waals surface area contributed by atoms with E-state index in [0.717, 1.165) is 0 Å². The first kappa shape index (κ1) is 15.4. The molecule has 0 saturated carbocycles. The highest BCUT2D eigenvalue weighted by molar-refractivity contribution is 6.37. The van der Waals surface area contributed by atoms with Crippen LogP contribution in [-0.4, -0.2) is 41.1 Å². The molecule has 2 unspecified atom stereocenters. The quantitative estimate of drug-likeness (QED) is 0.745. The highest BCUT2D eigenvalue weighted by Gasteiger charge is 2.29. The fourth-order valence-corrected chi connectivity index (χ4v) is 2.80. The Morgan fingerprint density at radius 2 is 2.25 bits per heavy atom. The molecule has 0 radical (unpaired) electrons. The van der Waals surface area contributed by atoms with Crippen LogP contribution in [0.3, 0.4) is 0 Å². The molecule has 0 bridgehead atoms. The van der Waals surface area contributed by atoms with Gasteiger partial charge in [-0.2, -0.15) is 0 Å². The molecule has 1 amide bonds. The Morgan fingerprint density at radius 3 is 2.80 bits per heavy atom. The summed E-state index contributed by atoms with van der Waals surface area (Å²) in [6.07, 6.45) is 0.316. The summed E-state index contributed by atoms with van der Waals surface area (Å²) in [7, 11) is 0. The Labute approximate surface area is 127 Å². The van der Waals surface area contributed by atoms with Gasteiger partial charge in [0.05, 0.1) is 28.5 Å². The smallest absolute Gasteiger partial charge is 0.241 e. The van der Waals surface area contributed by atoms with E-state index in [1.807, 2.05) is 4.90 Å². The largest absolute Gasteiger partial charge is 0.397 e. The summed E-state index contributed by atoms with van der Waals surface area (Å²) in [6.45, 7) is 2.98. The van der Waals surface area contributed by atoms with Crippen LogP contribution in [0.4, 0.5) is 11.4 Å². The number of benzene rings is 1. The fourth-order valence-electron chi connectivity index (χ4n) is 2.24. The van der Waals surface area contributed by atoms with E-state index >= 15 is 0 Å². The van der Waals surface area contributed by atoms with Gasteiger partial charge in [0, 0.05) is 18.1 Å². The minimum Gasteiger partial charge on any atom is -0.397 e. The minimum atomic E-state index is -0.366. The monoisotopic (exact) mass is 317 g/mol. The second-order valence-corrected chi connectivity index (χ2v) is 5.80. The molecule has 1 heterocycles. The molecule has 0 aromatic heterocycles. The van der Waals surface area contributed by atoms with Crippen LogP contribution < -0.4 is 11.1 Å². The van der Waals surface area contributed by atoms with Crippen molar-refractivity contribution in [3.8, 4) is 0 Å². The van der Waals surface area contributed by atoms with E-state index in [1.54, 1.807) is 6.92 Å². The maximum absolute atomic E-state index is 12.2. The van der Waals surface area contributed by atoms with E-state index in [4.69, 9.17) is 28.9 Å². The average molecular weight is 318 g/mol. The Kier molecular flexibility index (Phi) is 4.75. The van der Waals surface area contributed by atoms with Crippen molar-refractivity contribution in [3.05, 3.63) is 22.2 Å². The molecule has 1 aromatic rings. The number of likely N-dealkylation sites (tertiary alicyclic amines) is 1. The molecule has 1 aromatic carbocycles. The number of nitrogens with two attached hydrogens (primary N) is 1. The lowest BCUT2D eigenvalue weighted by Crippen LogP contribution is -2.41. The fraction of sp³-hybridized carbons (Fsp3) is 0.462. The Morgan fingerprint density at radius 1 is 1.55 bits per heavy atom. The highest BCUT2D eigenvalue weighted by atomic mass is 35.5. The number of halogens is 2. The van der Waals surface area contributed by atoms with Gasteiger partial charge in [-0.15, -0.1) is 0 Å². The number of β-amino-alcohol motifs (C(OH)–C–C–N with tert-alkyl or cyclic N) is 1. The van der Waals surface area contributed by atoms with E-state index in [0.29, 0.717) is 40.9 Å². The molecular formula is C13H17Cl2N3O2. The van der Waals surface area contributed by atoms with Crippen molar-refractivity contribution in [2.24, 2.45) is 0 Å². The van der Waals surface area contributed by atoms with Gasteiger partial charge in [0.1, 0.15) is 0 Å². The van der Waals surface area contributed by atoms with Crippen molar-refractivity contribution in [3.63, 3.8) is 0 Å². The van der Waals surface area contributed by atoms with Gasteiger partial charge in [-0.3, -0.25) is 9.69 Å². The van der Waals surface area contributed by atoms with Gasteiger partial charge in [0.15, 0.2) is 0 Å². The summed E-state index contributed by atoms with van der Waals surface area (Å²) in [5.41, 5.74) is 6.50. The number of hydrogen-bond donors (Lipinski definition) is 3. The molecule has 1 saturated heterocycles. The molecule has 110 valence electrons. The lowest BCUT2D eigenvalue weighted by Gasteiger charge is -2.23. The summed E-state index contributed by atoms with van der Waals surface area (Å²) in [6, 6.07) is 2.70. The molecular weight excluding hydrogens is 301 g/mol. The third-order valence-corrected chi connectivity index (χ3v) is 3.97. The van der Waals surface area contributed by atoms with Gasteiger partial charge in [-0.25, -0.2) is 0 Å². The molecule has 2 atom stereocenters. The number of carbonyl (C=O) groups is 1. The van der Waals surface area contributed by atoms with E-state index in [-0.39, 0.29) is 18.1 Å². The van der Waals surface area contributed by atoms with Gasteiger partial charge in [0.25, 0.3) is 0 Å². The van der Waals surface area contributed by atoms with Crippen molar-refractivity contribution in [1.29, 1.82) is 0 Å². The maximum atomic E-state index is 12.2. The first-order valence-electron chi connectivity index (χ1n) is 6.36. The van der Waals surface area contributed by atoms with Gasteiger partial charge >= 0.3 is 0 Å². The van der Waals surface area contributed by atoms with Crippen LogP contribution >= 0.6 is 23.2 Å². The average Bonchev–Trinajstić information content (AvgIpc) is 2.79. The predicted octanol–water partition coefficient (Wildman–Crippen LogP) is 1.97. The van der Waals surface area contributed by atoms with Crippen LogP contribution in [0.25, 0.3) is 0 Å². The Bertz CT molecular complexity index is 501. The van der Waals surface area contributed by atoms with Crippen LogP contribution in [-0.2, 0) is 4.79 Å². The molecule has 5 nitrogen and oxygen atoms in total. The highest BCUT2D eigenvalue weighted by Crippen LogP contribution is 2.32. The zero-order valence-electron chi connectivity index (χ0n) is 11.1. The summed E-state index contributed by atoms with van der Waals surface area (Å²) >= 11 is 11.9. The first-order chi connectivity index (χ1) is 9.38. The first-order valence-corrected chi connectivity index (χ1v) is 7.11. The molecule has 0 spiro atoms. The SMILES string of the molecule is CC(C(=O)Nc1c(N)cc(Cl)cc1Cl)N1CCC(O)C1. The number of nitrogens with one attached hydrogen (secondary N) is 1. The van der Waals surface area contributed by atoms with Gasteiger partial charge in [-0.05, 0) is 25.5 Å². The predicted molar refractivity (Wildman–Crippen MR) is 81.2 cm³/mol. The van der Waals surface area contributed by atoms with E-state index in [9.17, 15) is 9.90 Å². The topological polar surface area (TPSA) is 78.6 Å². The number of anilines is 2. The standard InChI is InChI=1S/C13H17Cl2N3O2/c1-7(18-3-2-9(19)6-18)13(20)17-12-10(15)4-8(14)5-11(12)16/h4-5,7,9,19H,2-3,6,16H2,1H3,(H,17,20). The third kappa shape index (κ3) is 3.35. The third-order valence-electron chi connectivity index (χ3n) is 3.46. The van der Waals surface area contributed by atoms with Crippen LogP contribution in [0.5, 0.6) is 0 Å². The Hall–Kier alpha value is -1.01. The number of nitrogen functional groups attached to an aromatic ring is 1. The molecule has 4 N–H and O–H groups in total. The number of aliphatic hydroxyl groups is 1. The second kappa shape index (κ2) is 6.18. The molecule has 2 rings (SSSR count). The lowest BCUT2D eigenvalue weighted by atomic mass is 10.2. The van der Waals surface area contributed by atoms with Crippen LogP contribution in [0.15, 0.2) is 12.1 Å². The number of hydrogen-bond acceptors (Lipinski definition) is 4. The normalized spacial score (nSPS) is 20.9. The van der Waals surface area contributed by atoms with E-state index in [2.05, 4.69) is 5.32 Å². The Balaban J connectivity index is 2.08. The summed E-state index contributed by atoms with van der Waals surface area (Å²) < 4.78 is 0. The maximum Gasteiger partial charge on any atom is 0.241 e. The van der Waals surface area contributed by atoms with Crippen molar-refractivity contribution in [2.75, 3.05) is 24.1 Å².